The highest BCUT2D eigenvalue weighted by Crippen LogP contribution is 2.25. The van der Waals surface area contributed by atoms with Gasteiger partial charge < -0.3 is 10.1 Å². The predicted octanol–water partition coefficient (Wildman–Crippen LogP) is 3.99. The average molecular weight is 480 g/mol. The smallest absolute Gasteiger partial charge is 0.243 e. The molecule has 1 N–H and O–H groups in total. The summed E-state index contributed by atoms with van der Waals surface area (Å²) >= 11 is 17.8. The molecule has 0 unspecified atom stereocenters. The number of rotatable bonds is 10. The average Bonchev–Trinajstić information content (AvgIpc) is 2.68. The Labute approximate surface area is 185 Å². The van der Waals surface area contributed by atoms with Crippen LogP contribution in [0.15, 0.2) is 47.4 Å². The predicted molar refractivity (Wildman–Crippen MR) is 115 cm³/mol. The number of ether oxygens (including phenoxy) is 1. The second kappa shape index (κ2) is 11.2. The summed E-state index contributed by atoms with van der Waals surface area (Å²) in [5.74, 6) is -0.418. The fourth-order valence-corrected chi connectivity index (χ4v) is 4.31. The maximum Gasteiger partial charge on any atom is 0.243 e. The number of hydrogen-bond donors (Lipinski definition) is 1. The minimum atomic E-state index is -3.96. The quantitative estimate of drug-likeness (QED) is 0.523. The summed E-state index contributed by atoms with van der Waals surface area (Å²) in [5, 5.41) is 3.77. The first-order chi connectivity index (χ1) is 13.7. The lowest BCUT2D eigenvalue weighted by Crippen LogP contribution is -2.40. The normalized spacial score (nSPS) is 11.6. The minimum absolute atomic E-state index is 0.0362. The van der Waals surface area contributed by atoms with Gasteiger partial charge >= 0.3 is 0 Å². The molecule has 0 aromatic heterocycles. The SMILES string of the molecule is COCCCNC(=O)CN(Cc1ccc(Cl)c(Cl)c1)S(=O)(=O)c1ccc(Cl)cc1. The Morgan fingerprint density at radius 2 is 1.76 bits per heavy atom. The largest absolute Gasteiger partial charge is 0.385 e. The first-order valence-electron chi connectivity index (χ1n) is 8.69. The van der Waals surface area contributed by atoms with E-state index in [0.29, 0.717) is 40.2 Å². The summed E-state index contributed by atoms with van der Waals surface area (Å²) in [4.78, 5) is 12.4. The van der Waals surface area contributed by atoms with E-state index in [0.717, 1.165) is 4.31 Å². The number of carbonyl (C=O) groups excluding carboxylic acids is 1. The van der Waals surface area contributed by atoms with Gasteiger partial charge in [0.15, 0.2) is 0 Å². The Morgan fingerprint density at radius 1 is 1.07 bits per heavy atom. The number of sulfonamides is 1. The van der Waals surface area contributed by atoms with Crippen molar-refractivity contribution in [2.24, 2.45) is 0 Å². The first kappa shape index (κ1) is 23.9. The van der Waals surface area contributed by atoms with Gasteiger partial charge in [-0.1, -0.05) is 40.9 Å². The second-order valence-corrected chi connectivity index (χ2v) is 9.36. The highest BCUT2D eigenvalue weighted by molar-refractivity contribution is 7.89. The summed E-state index contributed by atoms with van der Waals surface area (Å²) in [7, 11) is -2.39. The molecule has 0 aliphatic rings. The van der Waals surface area contributed by atoms with Crippen molar-refractivity contribution in [1.82, 2.24) is 9.62 Å². The van der Waals surface area contributed by atoms with Gasteiger partial charge in [-0.25, -0.2) is 8.42 Å². The van der Waals surface area contributed by atoms with Crippen LogP contribution in [-0.4, -0.2) is 45.4 Å². The van der Waals surface area contributed by atoms with Crippen molar-refractivity contribution < 1.29 is 17.9 Å². The zero-order valence-electron chi connectivity index (χ0n) is 15.7. The maximum atomic E-state index is 13.1. The van der Waals surface area contributed by atoms with Crippen molar-refractivity contribution in [3.05, 3.63) is 63.1 Å². The van der Waals surface area contributed by atoms with Crippen LogP contribution in [0.5, 0.6) is 0 Å². The molecule has 2 rings (SSSR count). The third-order valence-electron chi connectivity index (χ3n) is 3.96. The molecule has 0 fully saturated rings. The molecule has 6 nitrogen and oxygen atoms in total. The van der Waals surface area contributed by atoms with Gasteiger partial charge in [0.1, 0.15) is 0 Å². The topological polar surface area (TPSA) is 75.7 Å². The molecule has 1 amide bonds. The molecule has 0 saturated heterocycles. The van der Waals surface area contributed by atoms with Crippen LogP contribution in [0.4, 0.5) is 0 Å². The fraction of sp³-hybridized carbons (Fsp3) is 0.316. The fourth-order valence-electron chi connectivity index (χ4n) is 2.48. The monoisotopic (exact) mass is 478 g/mol. The number of nitrogens with one attached hydrogen (secondary N) is 1. The van der Waals surface area contributed by atoms with E-state index in [9.17, 15) is 13.2 Å². The van der Waals surface area contributed by atoms with Crippen LogP contribution in [0.1, 0.15) is 12.0 Å². The van der Waals surface area contributed by atoms with E-state index in [-0.39, 0.29) is 18.0 Å². The molecule has 0 atom stereocenters. The van der Waals surface area contributed by atoms with Crippen LogP contribution < -0.4 is 5.32 Å². The summed E-state index contributed by atoms with van der Waals surface area (Å²) in [6.07, 6.45) is 0.624. The van der Waals surface area contributed by atoms with Crippen LogP contribution in [0, 0.1) is 0 Å². The van der Waals surface area contributed by atoms with Gasteiger partial charge in [0, 0.05) is 31.8 Å². The van der Waals surface area contributed by atoms with Gasteiger partial charge in [-0.3, -0.25) is 4.79 Å². The zero-order valence-corrected chi connectivity index (χ0v) is 18.8. The van der Waals surface area contributed by atoms with E-state index in [1.807, 2.05) is 0 Å². The summed E-state index contributed by atoms with van der Waals surface area (Å²) in [6, 6.07) is 10.6. The third kappa shape index (κ3) is 7.13. The van der Waals surface area contributed by atoms with Crippen LogP contribution in [0.3, 0.4) is 0 Å². The molecule has 0 saturated carbocycles. The van der Waals surface area contributed by atoms with E-state index in [1.54, 1.807) is 25.3 Å². The Morgan fingerprint density at radius 3 is 2.38 bits per heavy atom. The molecule has 0 radical (unpaired) electrons. The number of hydrogen-bond acceptors (Lipinski definition) is 4. The maximum absolute atomic E-state index is 13.1. The lowest BCUT2D eigenvalue weighted by molar-refractivity contribution is -0.121. The lowest BCUT2D eigenvalue weighted by atomic mass is 10.2. The minimum Gasteiger partial charge on any atom is -0.385 e. The Bertz CT molecular complexity index is 937. The molecule has 0 bridgehead atoms. The number of benzene rings is 2. The highest BCUT2D eigenvalue weighted by atomic mass is 35.5. The van der Waals surface area contributed by atoms with Crippen molar-refractivity contribution in [3.8, 4) is 0 Å². The molecular formula is C19H21Cl3N2O4S. The molecule has 2 aromatic carbocycles. The third-order valence-corrected chi connectivity index (χ3v) is 6.76. The van der Waals surface area contributed by atoms with E-state index in [1.165, 1.54) is 24.3 Å². The van der Waals surface area contributed by atoms with E-state index >= 15 is 0 Å². The number of nitrogens with zero attached hydrogens (tertiary/aromatic N) is 1. The van der Waals surface area contributed by atoms with Gasteiger partial charge in [-0.05, 0) is 48.4 Å². The van der Waals surface area contributed by atoms with Crippen molar-refractivity contribution in [2.45, 2.75) is 17.9 Å². The first-order valence-corrected chi connectivity index (χ1v) is 11.3. The molecule has 0 aliphatic heterocycles. The molecule has 0 aliphatic carbocycles. The molecule has 10 heteroatoms. The number of halogens is 3. The van der Waals surface area contributed by atoms with Gasteiger partial charge in [-0.2, -0.15) is 4.31 Å². The standard InChI is InChI=1S/C19H21Cl3N2O4S/c1-28-10-2-9-23-19(25)13-24(12-14-3-8-17(21)18(22)11-14)29(26,27)16-6-4-15(20)5-7-16/h3-8,11H,2,9-10,12-13H2,1H3,(H,23,25). The number of carbonyl (C=O) groups is 1. The molecular weight excluding hydrogens is 459 g/mol. The lowest BCUT2D eigenvalue weighted by Gasteiger charge is -2.22. The molecule has 29 heavy (non-hydrogen) atoms. The van der Waals surface area contributed by atoms with Gasteiger partial charge in [0.05, 0.1) is 21.5 Å². The van der Waals surface area contributed by atoms with Crippen molar-refractivity contribution in [3.63, 3.8) is 0 Å². The van der Waals surface area contributed by atoms with Crippen molar-refractivity contribution >= 4 is 50.7 Å². The van der Waals surface area contributed by atoms with Crippen molar-refractivity contribution in [2.75, 3.05) is 26.8 Å². The van der Waals surface area contributed by atoms with Gasteiger partial charge in [0.2, 0.25) is 15.9 Å². The van der Waals surface area contributed by atoms with E-state index < -0.39 is 15.9 Å². The zero-order chi connectivity index (χ0) is 21.4. The molecule has 158 valence electrons. The molecule has 0 heterocycles. The molecule has 2 aromatic rings. The summed E-state index contributed by atoms with van der Waals surface area (Å²) in [5.41, 5.74) is 0.601. The van der Waals surface area contributed by atoms with Crippen LogP contribution in [0.25, 0.3) is 0 Å². The van der Waals surface area contributed by atoms with Gasteiger partial charge in [0.25, 0.3) is 0 Å². The van der Waals surface area contributed by atoms with Gasteiger partial charge in [-0.15, -0.1) is 0 Å². The van der Waals surface area contributed by atoms with Crippen LogP contribution in [0.2, 0.25) is 15.1 Å². The Kier molecular flexibility index (Phi) is 9.20. The number of amides is 1. The van der Waals surface area contributed by atoms with Crippen LogP contribution in [-0.2, 0) is 26.1 Å². The molecule has 0 spiro atoms. The highest BCUT2D eigenvalue weighted by Gasteiger charge is 2.27. The Balaban J connectivity index is 2.25. The van der Waals surface area contributed by atoms with Crippen LogP contribution >= 0.6 is 34.8 Å². The van der Waals surface area contributed by atoms with Crippen molar-refractivity contribution in [1.29, 1.82) is 0 Å². The summed E-state index contributed by atoms with van der Waals surface area (Å²) < 4.78 is 32.3. The van der Waals surface area contributed by atoms with E-state index in [4.69, 9.17) is 39.5 Å². The number of methoxy groups -OCH3 is 1. The van der Waals surface area contributed by atoms with E-state index in [2.05, 4.69) is 5.32 Å². The summed E-state index contributed by atoms with van der Waals surface area (Å²) in [6.45, 7) is 0.482. The Hall–Kier alpha value is -1.35. The second-order valence-electron chi connectivity index (χ2n) is 6.17.